The molecule has 0 aliphatic rings. The van der Waals surface area contributed by atoms with Crippen LogP contribution in [0.25, 0.3) is 0 Å². The summed E-state index contributed by atoms with van der Waals surface area (Å²) in [5.41, 5.74) is -10.8. The molecule has 2 unspecified atom stereocenters. The molecule has 0 heterocycles. The van der Waals surface area contributed by atoms with Crippen molar-refractivity contribution < 1.29 is 73.2 Å². The molecule has 0 aromatic heterocycles. The number of hydrogen-bond donors (Lipinski definition) is 3. The maximum absolute atomic E-state index is 13.7. The number of halogens is 9. The molecule has 2 amide bonds. The van der Waals surface area contributed by atoms with E-state index in [0.29, 0.717) is 25.3 Å². The number of alkyl halides is 9. The quantitative estimate of drug-likeness (QED) is 0.254. The maximum Gasteiger partial charge on any atom is 0.448 e. The molecule has 0 fully saturated rings. The highest BCUT2D eigenvalue weighted by molar-refractivity contribution is 5.95. The van der Waals surface area contributed by atoms with Crippen molar-refractivity contribution >= 4 is 23.7 Å². The van der Waals surface area contributed by atoms with Gasteiger partial charge in [0.2, 0.25) is 0 Å². The molecule has 1 rings (SSSR count). The Morgan fingerprint density at radius 2 is 1.51 bits per heavy atom. The van der Waals surface area contributed by atoms with E-state index in [-0.39, 0.29) is 5.56 Å². The molecule has 0 spiro atoms. The van der Waals surface area contributed by atoms with Crippen LogP contribution in [0.5, 0.6) is 0 Å². The van der Waals surface area contributed by atoms with Crippen molar-refractivity contribution in [2.24, 2.45) is 0 Å². The monoisotopic (exact) mass is 558 g/mol. The molecule has 0 saturated carbocycles. The number of benzene rings is 1. The van der Waals surface area contributed by atoms with Gasteiger partial charge in [-0.15, -0.1) is 0 Å². The van der Waals surface area contributed by atoms with Gasteiger partial charge in [0, 0.05) is 11.3 Å². The summed E-state index contributed by atoms with van der Waals surface area (Å²) in [7, 11) is 0.559. The molecule has 9 nitrogen and oxygen atoms in total. The molecule has 210 valence electrons. The predicted molar refractivity (Wildman–Crippen MR) is 103 cm³/mol. The Hall–Kier alpha value is -3.28. The molecular formula is C19H19F9N2O7. The molecule has 0 aliphatic carbocycles. The van der Waals surface area contributed by atoms with Gasteiger partial charge in [-0.25, -0.2) is 14.4 Å². The van der Waals surface area contributed by atoms with Crippen molar-refractivity contribution in [3.63, 3.8) is 0 Å². The van der Waals surface area contributed by atoms with E-state index in [1.54, 1.807) is 5.32 Å². The third-order valence-corrected chi connectivity index (χ3v) is 4.49. The topological polar surface area (TPSA) is 123 Å². The molecule has 37 heavy (non-hydrogen) atoms. The fourth-order valence-corrected chi connectivity index (χ4v) is 2.72. The van der Waals surface area contributed by atoms with Gasteiger partial charge in [-0.2, -0.15) is 39.5 Å². The number of methoxy groups -OCH3 is 1. The maximum atomic E-state index is 13.7. The number of amides is 2. The number of nitrogens with one attached hydrogen (secondary N) is 2. The van der Waals surface area contributed by atoms with Gasteiger partial charge in [0.05, 0.1) is 13.7 Å². The minimum absolute atomic E-state index is 0.371. The van der Waals surface area contributed by atoms with E-state index in [4.69, 9.17) is 0 Å². The van der Waals surface area contributed by atoms with Crippen LogP contribution in [0.3, 0.4) is 0 Å². The van der Waals surface area contributed by atoms with Crippen molar-refractivity contribution in [2.75, 3.05) is 25.6 Å². The summed E-state index contributed by atoms with van der Waals surface area (Å²) < 4.78 is 131. The highest BCUT2D eigenvalue weighted by Crippen LogP contribution is 2.41. The van der Waals surface area contributed by atoms with E-state index >= 15 is 0 Å². The first kappa shape index (κ1) is 31.7. The number of hydrogen-bond acceptors (Lipinski definition) is 7. The first-order chi connectivity index (χ1) is 16.7. The minimum Gasteiger partial charge on any atom is -0.466 e. The summed E-state index contributed by atoms with van der Waals surface area (Å²) in [6.45, 7) is -1.37. The molecule has 2 atom stereocenters. The Kier molecular flexibility index (Phi) is 9.43. The van der Waals surface area contributed by atoms with E-state index in [1.807, 2.05) is 0 Å². The summed E-state index contributed by atoms with van der Waals surface area (Å²) in [6.07, 6.45) is -16.9. The van der Waals surface area contributed by atoms with Crippen LogP contribution in [0.2, 0.25) is 0 Å². The van der Waals surface area contributed by atoms with Gasteiger partial charge in [0.15, 0.2) is 0 Å². The van der Waals surface area contributed by atoms with Gasteiger partial charge < -0.3 is 24.6 Å². The normalized spacial score (nSPS) is 15.7. The number of carbonyl (C=O) groups excluding carboxylic acids is 3. The van der Waals surface area contributed by atoms with Gasteiger partial charge in [-0.1, -0.05) is 12.1 Å². The van der Waals surface area contributed by atoms with Crippen molar-refractivity contribution in [1.82, 2.24) is 5.32 Å². The van der Waals surface area contributed by atoms with Crippen molar-refractivity contribution in [2.45, 2.75) is 43.7 Å². The highest BCUT2D eigenvalue weighted by atomic mass is 19.4. The fourth-order valence-electron chi connectivity index (χ4n) is 2.72. The van der Waals surface area contributed by atoms with Gasteiger partial charge in [-0.05, 0) is 25.5 Å². The van der Waals surface area contributed by atoms with Crippen molar-refractivity contribution in [1.29, 1.82) is 0 Å². The number of rotatable bonds is 8. The largest absolute Gasteiger partial charge is 0.466 e. The molecule has 0 saturated heterocycles. The minimum atomic E-state index is -5.98. The number of urea groups is 1. The van der Waals surface area contributed by atoms with E-state index in [1.165, 1.54) is 0 Å². The summed E-state index contributed by atoms with van der Waals surface area (Å²) >= 11 is 0. The molecule has 1 aromatic rings. The molecule has 0 bridgehead atoms. The van der Waals surface area contributed by atoms with E-state index in [2.05, 4.69) is 14.2 Å². The first-order valence-corrected chi connectivity index (χ1v) is 9.68. The van der Waals surface area contributed by atoms with Crippen LogP contribution >= 0.6 is 0 Å². The van der Waals surface area contributed by atoms with Crippen LogP contribution in [-0.2, 0) is 29.4 Å². The van der Waals surface area contributed by atoms with Crippen LogP contribution < -0.4 is 10.6 Å². The molecule has 0 radical (unpaired) electrons. The Morgan fingerprint density at radius 3 is 1.92 bits per heavy atom. The van der Waals surface area contributed by atoms with Crippen LogP contribution in [0.1, 0.15) is 18.1 Å². The van der Waals surface area contributed by atoms with Gasteiger partial charge in [0.25, 0.3) is 5.60 Å². The van der Waals surface area contributed by atoms with E-state index in [0.717, 1.165) is 19.2 Å². The third kappa shape index (κ3) is 6.94. The SMILES string of the molecule is CCOC(=O)C(NC(=O)Nc1ccc(C(O)(C(=O)OC)C(F)(F)F)cc1C)(OCC(F)(F)F)C(F)(F)F. The average molecular weight is 558 g/mol. The van der Waals surface area contributed by atoms with Gasteiger partial charge in [0.1, 0.15) is 6.61 Å². The lowest BCUT2D eigenvalue weighted by Gasteiger charge is -2.33. The van der Waals surface area contributed by atoms with Crippen LogP contribution in [0, 0.1) is 6.92 Å². The molecular weight excluding hydrogens is 539 g/mol. The first-order valence-electron chi connectivity index (χ1n) is 9.68. The Balaban J connectivity index is 3.39. The number of aryl methyl sites for hydroxylation is 1. The van der Waals surface area contributed by atoms with E-state index in [9.17, 15) is 59.0 Å². The van der Waals surface area contributed by atoms with Crippen LogP contribution in [-0.4, -0.2) is 67.7 Å². The lowest BCUT2D eigenvalue weighted by Crippen LogP contribution is -2.67. The predicted octanol–water partition coefficient (Wildman–Crippen LogP) is 3.44. The Morgan fingerprint density at radius 1 is 0.946 bits per heavy atom. The zero-order valence-electron chi connectivity index (χ0n) is 18.9. The number of anilines is 1. The summed E-state index contributed by atoms with van der Waals surface area (Å²) in [4.78, 5) is 35.9. The zero-order valence-corrected chi connectivity index (χ0v) is 18.9. The van der Waals surface area contributed by atoms with Crippen molar-refractivity contribution in [3.8, 4) is 0 Å². The second kappa shape index (κ2) is 11.0. The van der Waals surface area contributed by atoms with Crippen LogP contribution in [0.4, 0.5) is 50.0 Å². The Bertz CT molecular complexity index is 1010. The lowest BCUT2D eigenvalue weighted by molar-refractivity contribution is -0.305. The Labute approximate surface area is 201 Å². The van der Waals surface area contributed by atoms with Gasteiger partial charge in [-0.3, -0.25) is 5.32 Å². The average Bonchev–Trinajstić information content (AvgIpc) is 2.74. The third-order valence-electron chi connectivity index (χ3n) is 4.49. The summed E-state index contributed by atoms with van der Waals surface area (Å²) in [5.74, 6) is -4.56. The summed E-state index contributed by atoms with van der Waals surface area (Å²) in [5, 5.41) is 12.6. The zero-order chi connectivity index (χ0) is 29.0. The smallest absolute Gasteiger partial charge is 0.448 e. The number of carbonyl (C=O) groups is 3. The second-order valence-corrected chi connectivity index (χ2v) is 7.11. The fraction of sp³-hybridized carbons (Fsp3) is 0.526. The molecule has 18 heteroatoms. The van der Waals surface area contributed by atoms with Gasteiger partial charge >= 0.3 is 42.2 Å². The molecule has 1 aromatic carbocycles. The lowest BCUT2D eigenvalue weighted by atomic mass is 9.91. The number of aliphatic hydroxyl groups is 1. The van der Waals surface area contributed by atoms with E-state index < -0.39 is 72.3 Å². The van der Waals surface area contributed by atoms with Crippen molar-refractivity contribution in [3.05, 3.63) is 29.3 Å². The van der Waals surface area contributed by atoms with Crippen LogP contribution in [0.15, 0.2) is 18.2 Å². The number of esters is 2. The number of ether oxygens (including phenoxy) is 3. The summed E-state index contributed by atoms with van der Waals surface area (Å²) in [6, 6.07) is -0.361. The second-order valence-electron chi connectivity index (χ2n) is 7.11. The molecule has 3 N–H and O–H groups in total. The molecule has 0 aliphatic heterocycles. The standard InChI is InChI=1S/C19H19F9N2O7/c1-4-36-13(32)17(19(26,27)28,37-8-15(20,21)22)30-14(33)29-11-6-5-10(7-9(11)2)16(34,12(31)35-3)18(23,24)25/h5-7,34H,4,8H2,1-3H3,(H2,29,30,33). The highest BCUT2D eigenvalue weighted by Gasteiger charge is 2.66.